The number of thioether (sulfide) groups is 1. The number of nitrogens with zero attached hydrogens (tertiary/aromatic N) is 5. The minimum Gasteiger partial charge on any atom is -0.342 e. The summed E-state index contributed by atoms with van der Waals surface area (Å²) in [5, 5.41) is 15.8. The Morgan fingerprint density at radius 3 is 2.68 bits per heavy atom. The quantitative estimate of drug-likeness (QED) is 0.591. The number of carbonyl (C=O) groups excluding carboxylic acids is 1. The number of thiophene rings is 1. The van der Waals surface area contributed by atoms with Gasteiger partial charge in [0.15, 0.2) is 11.5 Å². The third-order valence-corrected chi connectivity index (χ3v) is 6.11. The van der Waals surface area contributed by atoms with Crippen LogP contribution in [0.4, 0.5) is 0 Å². The molecule has 0 aromatic carbocycles. The fraction of sp³-hybridized carbons (Fsp3) is 0.412. The fourth-order valence-electron chi connectivity index (χ4n) is 2.59. The first kappa shape index (κ1) is 17.9. The number of amides is 1. The predicted molar refractivity (Wildman–Crippen MR) is 102 cm³/mol. The molecule has 1 unspecified atom stereocenters. The predicted octanol–water partition coefficient (Wildman–Crippen LogP) is 3.59. The third-order valence-electron chi connectivity index (χ3n) is 3.96. The first-order valence-electron chi connectivity index (χ1n) is 8.39. The van der Waals surface area contributed by atoms with Gasteiger partial charge in [-0.1, -0.05) is 24.8 Å². The van der Waals surface area contributed by atoms with Crippen molar-refractivity contribution in [3.8, 4) is 10.7 Å². The summed E-state index contributed by atoms with van der Waals surface area (Å²) in [6, 6.07) is 7.79. The van der Waals surface area contributed by atoms with E-state index in [1.165, 1.54) is 11.8 Å². The Hall–Kier alpha value is -1.93. The van der Waals surface area contributed by atoms with Crippen molar-refractivity contribution in [1.29, 1.82) is 0 Å². The number of hydrogen-bond acceptors (Lipinski definition) is 6. The van der Waals surface area contributed by atoms with Crippen LogP contribution >= 0.6 is 23.1 Å². The molecule has 1 atom stereocenters. The van der Waals surface area contributed by atoms with Crippen molar-refractivity contribution in [3.63, 3.8) is 0 Å². The molecule has 8 heteroatoms. The normalized spacial score (nSPS) is 12.4. The van der Waals surface area contributed by atoms with E-state index in [1.54, 1.807) is 15.9 Å². The molecule has 3 heterocycles. The number of hydrogen-bond donors (Lipinski definition) is 0. The highest BCUT2D eigenvalue weighted by Crippen LogP contribution is 2.27. The zero-order valence-corrected chi connectivity index (χ0v) is 16.2. The molecule has 0 aliphatic heterocycles. The molecule has 0 saturated heterocycles. The summed E-state index contributed by atoms with van der Waals surface area (Å²) in [6.45, 7) is 7.51. The summed E-state index contributed by atoms with van der Waals surface area (Å²) in [4.78, 5) is 15.5. The van der Waals surface area contributed by atoms with Gasteiger partial charge in [-0.05, 0) is 43.8 Å². The zero-order valence-electron chi connectivity index (χ0n) is 14.5. The highest BCUT2D eigenvalue weighted by atomic mass is 32.2. The second kappa shape index (κ2) is 7.97. The lowest BCUT2D eigenvalue weighted by atomic mass is 10.3. The Balaban J connectivity index is 1.88. The number of rotatable bonds is 7. The maximum absolute atomic E-state index is 12.7. The van der Waals surface area contributed by atoms with Crippen LogP contribution in [-0.4, -0.2) is 49.0 Å². The van der Waals surface area contributed by atoms with Crippen LogP contribution in [0.2, 0.25) is 0 Å². The first-order chi connectivity index (χ1) is 12.2. The highest BCUT2D eigenvalue weighted by molar-refractivity contribution is 8.00. The van der Waals surface area contributed by atoms with Gasteiger partial charge in [-0.15, -0.1) is 21.5 Å². The average Bonchev–Trinajstić information content (AvgIpc) is 3.29. The van der Waals surface area contributed by atoms with Crippen LogP contribution in [0.1, 0.15) is 27.2 Å². The average molecular weight is 376 g/mol. The molecule has 0 fully saturated rings. The SMILES string of the molecule is CCC(Sc1ccc2nnc(-c3cccs3)n2n1)C(=O)N(CC)CC. The summed E-state index contributed by atoms with van der Waals surface area (Å²) >= 11 is 3.11. The van der Waals surface area contributed by atoms with E-state index in [1.807, 2.05) is 55.3 Å². The Morgan fingerprint density at radius 2 is 2.04 bits per heavy atom. The molecule has 3 aromatic rings. The molecule has 0 aliphatic carbocycles. The molecule has 0 N–H and O–H groups in total. The van der Waals surface area contributed by atoms with Crippen molar-refractivity contribution in [3.05, 3.63) is 29.6 Å². The van der Waals surface area contributed by atoms with Crippen LogP contribution in [-0.2, 0) is 4.79 Å². The number of aromatic nitrogens is 4. The molecule has 25 heavy (non-hydrogen) atoms. The summed E-state index contributed by atoms with van der Waals surface area (Å²) in [7, 11) is 0. The molecule has 1 amide bonds. The lowest BCUT2D eigenvalue weighted by molar-refractivity contribution is -0.130. The van der Waals surface area contributed by atoms with E-state index < -0.39 is 0 Å². The van der Waals surface area contributed by atoms with E-state index >= 15 is 0 Å². The van der Waals surface area contributed by atoms with Gasteiger partial charge in [-0.2, -0.15) is 9.61 Å². The van der Waals surface area contributed by atoms with Crippen LogP contribution in [0.3, 0.4) is 0 Å². The van der Waals surface area contributed by atoms with E-state index in [9.17, 15) is 4.79 Å². The standard InChI is InChI=1S/C17H21N5OS2/c1-4-12(17(23)21(5-2)6-3)25-15-10-9-14-18-19-16(22(14)20-15)13-8-7-11-24-13/h7-12H,4-6H2,1-3H3. The Kier molecular flexibility index (Phi) is 5.70. The minimum absolute atomic E-state index is 0.133. The van der Waals surface area contributed by atoms with Gasteiger partial charge >= 0.3 is 0 Å². The smallest absolute Gasteiger partial charge is 0.236 e. The molecular formula is C17H21N5OS2. The van der Waals surface area contributed by atoms with E-state index in [0.29, 0.717) is 5.65 Å². The minimum atomic E-state index is -0.133. The van der Waals surface area contributed by atoms with Crippen LogP contribution in [0, 0.1) is 0 Å². The van der Waals surface area contributed by atoms with Crippen LogP contribution in [0.5, 0.6) is 0 Å². The van der Waals surface area contributed by atoms with Crippen molar-refractivity contribution < 1.29 is 4.79 Å². The van der Waals surface area contributed by atoms with E-state index in [-0.39, 0.29) is 11.2 Å². The number of carbonyl (C=O) groups is 1. The van der Waals surface area contributed by atoms with E-state index in [4.69, 9.17) is 0 Å². The Bertz CT molecular complexity index is 842. The van der Waals surface area contributed by atoms with Gasteiger partial charge in [0.05, 0.1) is 10.1 Å². The maximum Gasteiger partial charge on any atom is 0.236 e. The monoisotopic (exact) mass is 375 g/mol. The van der Waals surface area contributed by atoms with Crippen LogP contribution in [0.25, 0.3) is 16.3 Å². The number of fused-ring (bicyclic) bond motifs is 1. The molecule has 0 radical (unpaired) electrons. The maximum atomic E-state index is 12.7. The molecule has 0 bridgehead atoms. The van der Waals surface area contributed by atoms with Crippen molar-refractivity contribution in [2.24, 2.45) is 0 Å². The lowest BCUT2D eigenvalue weighted by Gasteiger charge is -2.23. The highest BCUT2D eigenvalue weighted by Gasteiger charge is 2.23. The summed E-state index contributed by atoms with van der Waals surface area (Å²) in [6.07, 6.45) is 0.764. The second-order valence-electron chi connectivity index (χ2n) is 5.47. The van der Waals surface area contributed by atoms with Crippen LogP contribution in [0.15, 0.2) is 34.7 Å². The van der Waals surface area contributed by atoms with Crippen molar-refractivity contribution in [1.82, 2.24) is 24.7 Å². The lowest BCUT2D eigenvalue weighted by Crippen LogP contribution is -2.37. The zero-order chi connectivity index (χ0) is 17.8. The van der Waals surface area contributed by atoms with Gasteiger partial charge in [0.1, 0.15) is 5.03 Å². The molecule has 0 aliphatic rings. The van der Waals surface area contributed by atoms with Crippen molar-refractivity contribution in [2.45, 2.75) is 37.5 Å². The van der Waals surface area contributed by atoms with Gasteiger partial charge in [0.2, 0.25) is 5.91 Å². The topological polar surface area (TPSA) is 63.4 Å². The molecule has 0 saturated carbocycles. The molecule has 3 aromatic heterocycles. The molecular weight excluding hydrogens is 354 g/mol. The molecule has 0 spiro atoms. The van der Waals surface area contributed by atoms with Gasteiger partial charge in [0.25, 0.3) is 0 Å². The Morgan fingerprint density at radius 1 is 1.24 bits per heavy atom. The van der Waals surface area contributed by atoms with E-state index in [2.05, 4.69) is 15.3 Å². The van der Waals surface area contributed by atoms with Gasteiger partial charge in [-0.25, -0.2) is 0 Å². The first-order valence-corrected chi connectivity index (χ1v) is 10.2. The summed E-state index contributed by atoms with van der Waals surface area (Å²) in [5.74, 6) is 0.900. The Labute approximate surface area is 155 Å². The van der Waals surface area contributed by atoms with Crippen LogP contribution < -0.4 is 0 Å². The van der Waals surface area contributed by atoms with Crippen molar-refractivity contribution in [2.75, 3.05) is 13.1 Å². The van der Waals surface area contributed by atoms with E-state index in [0.717, 1.165) is 35.2 Å². The molecule has 132 valence electrons. The summed E-state index contributed by atoms with van der Waals surface area (Å²) in [5.41, 5.74) is 0.705. The molecule has 6 nitrogen and oxygen atoms in total. The largest absolute Gasteiger partial charge is 0.342 e. The third kappa shape index (κ3) is 3.69. The fourth-order valence-corrected chi connectivity index (χ4v) is 4.26. The molecule has 3 rings (SSSR count). The van der Waals surface area contributed by atoms with Gasteiger partial charge in [-0.3, -0.25) is 4.79 Å². The van der Waals surface area contributed by atoms with Crippen molar-refractivity contribution >= 4 is 34.7 Å². The van der Waals surface area contributed by atoms with Gasteiger partial charge < -0.3 is 4.90 Å². The second-order valence-corrected chi connectivity index (χ2v) is 7.64. The van der Waals surface area contributed by atoms with Gasteiger partial charge in [0, 0.05) is 13.1 Å². The summed E-state index contributed by atoms with van der Waals surface area (Å²) < 4.78 is 1.75.